The van der Waals surface area contributed by atoms with Crippen LogP contribution in [0.4, 0.5) is 0 Å². The van der Waals surface area contributed by atoms with E-state index in [9.17, 15) is 26.4 Å². The van der Waals surface area contributed by atoms with Gasteiger partial charge >= 0.3 is 5.97 Å². The molecule has 8 nitrogen and oxygen atoms in total. The van der Waals surface area contributed by atoms with Gasteiger partial charge in [0.2, 0.25) is 0 Å². The Hall–Kier alpha value is -1.94. The highest BCUT2D eigenvalue weighted by Gasteiger charge is 2.36. The minimum Gasteiger partial charge on any atom is -0.456 e. The van der Waals surface area contributed by atoms with E-state index in [2.05, 4.69) is 0 Å². The molecule has 0 aliphatic carbocycles. The maximum absolute atomic E-state index is 12.6. The number of rotatable bonds is 9. The quantitative estimate of drug-likeness (QED) is 0.514. The number of carbonyl (C=O) groups excluding carboxylic acids is 2. The third kappa shape index (κ3) is 6.53. The first-order valence-corrected chi connectivity index (χ1v) is 13.4. The minimum atomic E-state index is -3.63. The number of benzene rings is 1. The molecule has 10 heteroatoms. The molecular weight excluding hydrogens is 430 g/mol. The maximum atomic E-state index is 12.6. The highest BCUT2D eigenvalue weighted by atomic mass is 32.2. The number of hydrogen-bond donors (Lipinski definition) is 0. The van der Waals surface area contributed by atoms with Gasteiger partial charge in [0, 0.05) is 12.1 Å². The summed E-state index contributed by atoms with van der Waals surface area (Å²) in [6.07, 6.45) is 0.622. The van der Waals surface area contributed by atoms with Crippen molar-refractivity contribution >= 4 is 31.6 Å². The van der Waals surface area contributed by atoms with Crippen LogP contribution >= 0.6 is 0 Å². The number of aryl methyl sites for hydroxylation is 1. The van der Waals surface area contributed by atoms with Crippen LogP contribution in [-0.4, -0.2) is 69.6 Å². The number of hydrogen-bond acceptors (Lipinski definition) is 7. The Bertz CT molecular complexity index is 969. The monoisotopic (exact) mass is 459 g/mol. The molecule has 168 valence electrons. The van der Waals surface area contributed by atoms with Gasteiger partial charge in [-0.2, -0.15) is 0 Å². The lowest BCUT2D eigenvalue weighted by Gasteiger charge is -2.33. The van der Waals surface area contributed by atoms with E-state index >= 15 is 0 Å². The van der Waals surface area contributed by atoms with E-state index in [1.54, 1.807) is 12.1 Å². The first kappa shape index (κ1) is 24.3. The highest BCUT2D eigenvalue weighted by Crippen LogP contribution is 2.21. The smallest absolute Gasteiger partial charge is 0.307 e. The lowest BCUT2D eigenvalue weighted by Crippen LogP contribution is -2.48. The molecule has 1 fully saturated rings. The predicted octanol–water partition coefficient (Wildman–Crippen LogP) is 1.52. The Kier molecular flexibility index (Phi) is 8.04. The molecular formula is C20H29NO7S2. The fourth-order valence-electron chi connectivity index (χ4n) is 3.37. The molecule has 0 radical (unpaired) electrons. The van der Waals surface area contributed by atoms with Crippen LogP contribution < -0.4 is 0 Å². The van der Waals surface area contributed by atoms with Gasteiger partial charge in [-0.3, -0.25) is 9.59 Å². The summed E-state index contributed by atoms with van der Waals surface area (Å²) in [5, 5.41) is 0. The summed E-state index contributed by atoms with van der Waals surface area (Å²) < 4.78 is 53.2. The van der Waals surface area contributed by atoms with Crippen LogP contribution in [0.1, 0.15) is 38.7 Å². The number of sulfone groups is 2. The zero-order valence-corrected chi connectivity index (χ0v) is 19.2. The molecule has 1 amide bonds. The van der Waals surface area contributed by atoms with Crippen molar-refractivity contribution in [2.24, 2.45) is 0 Å². The fourth-order valence-corrected chi connectivity index (χ4v) is 6.30. The van der Waals surface area contributed by atoms with Crippen LogP contribution in [-0.2, 0) is 34.0 Å². The van der Waals surface area contributed by atoms with Gasteiger partial charge in [-0.05, 0) is 38.8 Å². The second-order valence-electron chi connectivity index (χ2n) is 7.66. The maximum Gasteiger partial charge on any atom is 0.307 e. The van der Waals surface area contributed by atoms with Crippen molar-refractivity contribution in [2.75, 3.05) is 23.9 Å². The SMILES string of the molecule is CC[C@@H](C)N(C(=O)COC(=O)CCS(=O)(=O)c1ccc(C)cc1)[C@@H]1CCS(=O)(=O)C1. The Balaban J connectivity index is 1.92. The van der Waals surface area contributed by atoms with Crippen LogP contribution in [0, 0.1) is 6.92 Å². The number of ether oxygens (including phenoxy) is 1. The van der Waals surface area contributed by atoms with Crippen LogP contribution in [0.2, 0.25) is 0 Å². The molecule has 1 aliphatic heterocycles. The van der Waals surface area contributed by atoms with E-state index in [0.717, 1.165) is 5.56 Å². The molecule has 0 N–H and O–H groups in total. The largest absolute Gasteiger partial charge is 0.456 e. The minimum absolute atomic E-state index is 0.0362. The van der Waals surface area contributed by atoms with Crippen molar-refractivity contribution in [2.45, 2.75) is 57.0 Å². The summed E-state index contributed by atoms with van der Waals surface area (Å²) in [6, 6.07) is 5.69. The van der Waals surface area contributed by atoms with Crippen LogP contribution in [0.5, 0.6) is 0 Å². The number of carbonyl (C=O) groups is 2. The van der Waals surface area contributed by atoms with Gasteiger partial charge in [0.15, 0.2) is 26.3 Å². The normalized spacial score (nSPS) is 19.2. The molecule has 0 spiro atoms. The Morgan fingerprint density at radius 3 is 2.40 bits per heavy atom. The average Bonchev–Trinajstić information content (AvgIpc) is 3.04. The zero-order valence-electron chi connectivity index (χ0n) is 17.5. The number of amides is 1. The zero-order chi connectivity index (χ0) is 22.5. The van der Waals surface area contributed by atoms with Crippen LogP contribution in [0.25, 0.3) is 0 Å². The standard InChI is InChI=1S/C20H29NO7S2/c1-4-16(3)21(17-9-11-29(24,25)14-17)19(22)13-28-20(23)10-12-30(26,27)18-7-5-15(2)6-8-18/h5-8,16-17H,4,9-14H2,1-3H3/t16-,17-/m1/s1. The third-order valence-corrected chi connectivity index (χ3v) is 8.75. The summed E-state index contributed by atoms with van der Waals surface area (Å²) in [5.41, 5.74) is 0.924. The molecule has 1 aromatic carbocycles. The number of esters is 1. The van der Waals surface area contributed by atoms with Gasteiger partial charge in [-0.1, -0.05) is 24.6 Å². The van der Waals surface area contributed by atoms with E-state index in [1.165, 1.54) is 17.0 Å². The van der Waals surface area contributed by atoms with Crippen molar-refractivity contribution in [3.63, 3.8) is 0 Å². The van der Waals surface area contributed by atoms with Gasteiger partial charge in [0.05, 0.1) is 28.6 Å². The van der Waals surface area contributed by atoms with Crippen LogP contribution in [0.15, 0.2) is 29.2 Å². The van der Waals surface area contributed by atoms with Gasteiger partial charge in [-0.25, -0.2) is 16.8 Å². The van der Waals surface area contributed by atoms with E-state index < -0.39 is 50.0 Å². The molecule has 30 heavy (non-hydrogen) atoms. The molecule has 2 rings (SSSR count). The first-order chi connectivity index (χ1) is 13.9. The van der Waals surface area contributed by atoms with Crippen molar-refractivity contribution in [1.82, 2.24) is 4.90 Å². The van der Waals surface area contributed by atoms with Crippen molar-refractivity contribution in [3.8, 4) is 0 Å². The van der Waals surface area contributed by atoms with Gasteiger partial charge in [-0.15, -0.1) is 0 Å². The second-order valence-corrected chi connectivity index (χ2v) is 12.0. The van der Waals surface area contributed by atoms with Crippen molar-refractivity contribution in [1.29, 1.82) is 0 Å². The molecule has 1 saturated heterocycles. The molecule has 2 atom stereocenters. The molecule has 0 saturated carbocycles. The summed E-state index contributed by atoms with van der Waals surface area (Å²) in [6.45, 7) is 5.01. The fraction of sp³-hybridized carbons (Fsp3) is 0.600. The summed E-state index contributed by atoms with van der Waals surface area (Å²) in [4.78, 5) is 26.3. The summed E-state index contributed by atoms with van der Waals surface area (Å²) in [7, 11) is -6.80. The average molecular weight is 460 g/mol. The molecule has 1 heterocycles. The van der Waals surface area contributed by atoms with E-state index in [-0.39, 0.29) is 28.9 Å². The lowest BCUT2D eigenvalue weighted by molar-refractivity contribution is -0.153. The summed E-state index contributed by atoms with van der Waals surface area (Å²) >= 11 is 0. The van der Waals surface area contributed by atoms with E-state index in [4.69, 9.17) is 4.74 Å². The Morgan fingerprint density at radius 1 is 1.23 bits per heavy atom. The van der Waals surface area contributed by atoms with Gasteiger partial charge in [0.1, 0.15) is 0 Å². The van der Waals surface area contributed by atoms with Crippen molar-refractivity contribution < 1.29 is 31.2 Å². The van der Waals surface area contributed by atoms with Crippen molar-refractivity contribution in [3.05, 3.63) is 29.8 Å². The third-order valence-electron chi connectivity index (χ3n) is 5.27. The van der Waals surface area contributed by atoms with E-state index in [0.29, 0.717) is 12.8 Å². The molecule has 1 aromatic rings. The Morgan fingerprint density at radius 2 is 1.87 bits per heavy atom. The number of nitrogens with zero attached hydrogens (tertiary/aromatic N) is 1. The summed E-state index contributed by atoms with van der Waals surface area (Å²) in [5.74, 6) is -1.73. The Labute approximate surface area is 178 Å². The molecule has 1 aliphatic rings. The lowest BCUT2D eigenvalue weighted by atomic mass is 10.1. The molecule has 0 unspecified atom stereocenters. The predicted molar refractivity (Wildman–Crippen MR) is 112 cm³/mol. The highest BCUT2D eigenvalue weighted by molar-refractivity contribution is 7.91. The van der Waals surface area contributed by atoms with Gasteiger partial charge in [0.25, 0.3) is 5.91 Å². The first-order valence-electron chi connectivity index (χ1n) is 9.92. The van der Waals surface area contributed by atoms with E-state index in [1.807, 2.05) is 20.8 Å². The molecule has 0 aromatic heterocycles. The topological polar surface area (TPSA) is 115 Å². The van der Waals surface area contributed by atoms with Crippen LogP contribution in [0.3, 0.4) is 0 Å². The molecule has 0 bridgehead atoms. The van der Waals surface area contributed by atoms with Gasteiger partial charge < -0.3 is 9.64 Å². The second kappa shape index (κ2) is 9.91.